The van der Waals surface area contributed by atoms with E-state index in [9.17, 15) is 52.6 Å². The zero-order valence-corrected chi connectivity index (χ0v) is 32.7. The van der Waals surface area contributed by atoms with Crippen LogP contribution in [-0.4, -0.2) is 107 Å². The first-order valence-corrected chi connectivity index (χ1v) is 22.7. The fourth-order valence-corrected chi connectivity index (χ4v) is 10.5. The summed E-state index contributed by atoms with van der Waals surface area (Å²) < 4.78 is 52.4. The molecule has 0 saturated carbocycles. The SMILES string of the molecule is O=C(CCCCCNC(=O)CCCCC1SCC2NC(=O)NC21)NCC=Cc1cn(C2CC(O)C(COP(=O)(O)OP(=O)(O)OP(=O)(O)O)O2)c(=O)[nH]c1=O.[HH]. The van der Waals surface area contributed by atoms with Gasteiger partial charge in [0, 0.05) is 51.0 Å². The van der Waals surface area contributed by atoms with Gasteiger partial charge in [0.15, 0.2) is 0 Å². The Kier molecular flexibility index (Phi) is 16.5. The first kappa shape index (κ1) is 45.0. The van der Waals surface area contributed by atoms with Gasteiger partial charge < -0.3 is 50.7 Å². The maximum Gasteiger partial charge on any atom is 0.490 e. The van der Waals surface area contributed by atoms with Crippen molar-refractivity contribution >= 4 is 59.2 Å². The minimum absolute atomic E-state index is 0. The molecule has 3 fully saturated rings. The Morgan fingerprint density at radius 3 is 2.42 bits per heavy atom. The van der Waals surface area contributed by atoms with Crippen LogP contribution >= 0.6 is 35.2 Å². The van der Waals surface area contributed by atoms with Crippen LogP contribution in [0.3, 0.4) is 0 Å². The molecule has 0 spiro atoms. The second-order valence-electron chi connectivity index (χ2n) is 12.8. The normalized spacial score (nSPS) is 25.9. The predicted octanol–water partition coefficient (Wildman–Crippen LogP) is 0.306. The molecule has 23 nitrogen and oxygen atoms in total. The van der Waals surface area contributed by atoms with E-state index in [2.05, 4.69) is 39.4 Å². The van der Waals surface area contributed by atoms with E-state index in [1.165, 1.54) is 12.2 Å². The number of aliphatic hydroxyl groups is 1. The summed E-state index contributed by atoms with van der Waals surface area (Å²) in [6.07, 6.45) is 4.94. The van der Waals surface area contributed by atoms with Crippen LogP contribution in [0.15, 0.2) is 21.9 Å². The largest absolute Gasteiger partial charge is 0.490 e. The number of amides is 4. The van der Waals surface area contributed by atoms with Gasteiger partial charge in [0.25, 0.3) is 5.56 Å². The van der Waals surface area contributed by atoms with E-state index < -0.39 is 59.8 Å². The molecular weight excluding hydrogens is 817 g/mol. The summed E-state index contributed by atoms with van der Waals surface area (Å²) in [4.78, 5) is 99.0. The summed E-state index contributed by atoms with van der Waals surface area (Å²) in [7, 11) is -16.8. The molecule has 0 bridgehead atoms. The highest BCUT2D eigenvalue weighted by atomic mass is 32.2. The number of H-pyrrole nitrogens is 1. The van der Waals surface area contributed by atoms with Crippen LogP contribution in [0, 0.1) is 0 Å². The maximum absolute atomic E-state index is 12.5. The number of nitrogens with zero attached hydrogens (tertiary/aromatic N) is 1. The molecule has 1 aromatic heterocycles. The van der Waals surface area contributed by atoms with Crippen molar-refractivity contribution in [2.45, 2.75) is 93.6 Å². The zero-order valence-electron chi connectivity index (χ0n) is 29.2. The van der Waals surface area contributed by atoms with Crippen molar-refractivity contribution in [3.05, 3.63) is 38.7 Å². The second kappa shape index (κ2) is 20.1. The summed E-state index contributed by atoms with van der Waals surface area (Å²) >= 11 is 1.85. The number of nitrogens with one attached hydrogen (secondary N) is 5. The first-order chi connectivity index (χ1) is 25.8. The maximum atomic E-state index is 12.5. The van der Waals surface area contributed by atoms with E-state index >= 15 is 0 Å². The number of aromatic amines is 1. The number of rotatable bonds is 22. The third-order valence-corrected chi connectivity index (χ3v) is 13.8. The number of ether oxygens (including phenoxy) is 1. The molecule has 3 aliphatic rings. The van der Waals surface area contributed by atoms with Gasteiger partial charge in [-0.25, -0.2) is 23.3 Å². The highest BCUT2D eigenvalue weighted by Gasteiger charge is 2.44. The molecule has 8 atom stereocenters. The second-order valence-corrected chi connectivity index (χ2v) is 18.5. The molecule has 55 heavy (non-hydrogen) atoms. The van der Waals surface area contributed by atoms with Crippen LogP contribution in [0.1, 0.15) is 71.0 Å². The van der Waals surface area contributed by atoms with Crippen LogP contribution in [-0.2, 0) is 41.2 Å². The van der Waals surface area contributed by atoms with Crippen LogP contribution in [0.2, 0.25) is 0 Å². The number of thioether (sulfide) groups is 1. The third-order valence-electron chi connectivity index (χ3n) is 8.53. The van der Waals surface area contributed by atoms with Crippen molar-refractivity contribution in [1.82, 2.24) is 30.8 Å². The fraction of sp³-hybridized carbons (Fsp3) is 0.679. The van der Waals surface area contributed by atoms with Crippen LogP contribution < -0.4 is 32.5 Å². The number of carbonyl (C=O) groups excluding carboxylic acids is 3. The van der Waals surface area contributed by atoms with Gasteiger partial charge in [-0.2, -0.15) is 20.4 Å². The molecule has 3 saturated heterocycles. The minimum atomic E-state index is -5.76. The van der Waals surface area contributed by atoms with Gasteiger partial charge in [0.1, 0.15) is 12.3 Å². The van der Waals surface area contributed by atoms with Crippen molar-refractivity contribution < 1.29 is 72.1 Å². The number of phosphoric ester groups is 1. The number of hydrogen-bond acceptors (Lipinski definition) is 14. The van der Waals surface area contributed by atoms with Crippen molar-refractivity contribution in [1.29, 1.82) is 0 Å². The number of hydrogen-bond donors (Lipinski definition) is 10. The van der Waals surface area contributed by atoms with E-state index in [0.29, 0.717) is 31.1 Å². The number of urea groups is 1. The lowest BCUT2D eigenvalue weighted by atomic mass is 10.0. The Labute approximate surface area is 319 Å². The molecule has 0 radical (unpaired) electrons. The Hall–Kier alpha value is -2.69. The standard InChI is InChI=1S/C28H45N6O17P3S.H2/c35-19-13-24(49-20(19)15-48-53(44,45)51-54(46,47)50-52(41,42)43)34-14-17(26(38)33-28(34)40)7-6-12-30-22(36)9-2-1-5-11-29-23(37)10-4-3-8-21-25-18(16-55-21)31-27(39)32-25;/h6-7,14,18-21,24-25,35H,1-5,8-13,15-16H2,(H,29,37)(H,30,36)(H,44,45)(H,46,47)(H2,31,32,39)(H,33,38,40)(H2,41,42,43);1H. The smallest absolute Gasteiger partial charge is 0.390 e. The van der Waals surface area contributed by atoms with Crippen LogP contribution in [0.25, 0.3) is 6.08 Å². The summed E-state index contributed by atoms with van der Waals surface area (Å²) in [6, 6.07) is 0.235. The Morgan fingerprint density at radius 1 is 0.982 bits per heavy atom. The van der Waals surface area contributed by atoms with E-state index in [1.807, 2.05) is 11.8 Å². The fourth-order valence-electron chi connectivity index (χ4n) is 5.97. The highest BCUT2D eigenvalue weighted by molar-refractivity contribution is 8.00. The van der Waals surface area contributed by atoms with Gasteiger partial charge in [0.2, 0.25) is 11.8 Å². The number of fused-ring (bicyclic) bond motifs is 1. The molecule has 4 amide bonds. The number of unbranched alkanes of at least 4 members (excludes halogenated alkanes) is 3. The Morgan fingerprint density at radius 2 is 1.69 bits per heavy atom. The summed E-state index contributed by atoms with van der Waals surface area (Å²) in [6.45, 7) is -0.388. The van der Waals surface area contributed by atoms with Crippen molar-refractivity contribution in [3.63, 3.8) is 0 Å². The average molecular weight is 865 g/mol. The molecule has 10 N–H and O–H groups in total. The van der Waals surface area contributed by atoms with Gasteiger partial charge in [-0.1, -0.05) is 25.0 Å². The van der Waals surface area contributed by atoms with Crippen molar-refractivity contribution in [2.75, 3.05) is 25.4 Å². The van der Waals surface area contributed by atoms with E-state index in [-0.39, 0.29) is 56.3 Å². The molecule has 0 aliphatic carbocycles. The number of aromatic nitrogens is 2. The van der Waals surface area contributed by atoms with Gasteiger partial charge in [-0.05, 0) is 25.7 Å². The molecule has 312 valence electrons. The molecule has 4 rings (SSSR count). The molecule has 1 aromatic rings. The van der Waals surface area contributed by atoms with Gasteiger partial charge >= 0.3 is 35.2 Å². The van der Waals surface area contributed by atoms with Gasteiger partial charge in [-0.3, -0.25) is 28.5 Å². The summed E-state index contributed by atoms with van der Waals surface area (Å²) in [5, 5.41) is 22.2. The summed E-state index contributed by atoms with van der Waals surface area (Å²) in [5.74, 6) is 0.653. The minimum Gasteiger partial charge on any atom is -0.390 e. The van der Waals surface area contributed by atoms with Gasteiger partial charge in [-0.15, -0.1) is 0 Å². The van der Waals surface area contributed by atoms with Crippen molar-refractivity contribution in [2.24, 2.45) is 0 Å². The molecule has 8 unspecified atom stereocenters. The molecular formula is C28H47N6O17P3S. The lowest BCUT2D eigenvalue weighted by molar-refractivity contribution is -0.122. The monoisotopic (exact) mass is 864 g/mol. The molecule has 4 heterocycles. The Balaban J connectivity index is 0.00000841. The average Bonchev–Trinajstić information content (AvgIpc) is 3.74. The van der Waals surface area contributed by atoms with E-state index in [0.717, 1.165) is 42.2 Å². The highest BCUT2D eigenvalue weighted by Crippen LogP contribution is 2.66. The van der Waals surface area contributed by atoms with E-state index in [4.69, 9.17) is 14.5 Å². The first-order valence-electron chi connectivity index (χ1n) is 17.2. The lowest BCUT2D eigenvalue weighted by Crippen LogP contribution is -2.36. The Bertz CT molecular complexity index is 1830. The predicted molar refractivity (Wildman–Crippen MR) is 195 cm³/mol. The lowest BCUT2D eigenvalue weighted by Gasteiger charge is -2.19. The van der Waals surface area contributed by atoms with Crippen molar-refractivity contribution in [3.8, 4) is 0 Å². The topological polar surface area (TPSA) is 343 Å². The quantitative estimate of drug-likeness (QED) is 0.0426. The molecule has 27 heteroatoms. The summed E-state index contributed by atoms with van der Waals surface area (Å²) in [5.41, 5.74) is -1.71. The molecule has 0 aromatic carbocycles. The molecule has 3 aliphatic heterocycles. The number of phosphoric acid groups is 3. The zero-order chi connectivity index (χ0) is 40.4. The number of carbonyl (C=O) groups is 3. The van der Waals surface area contributed by atoms with E-state index in [1.54, 1.807) is 0 Å². The van der Waals surface area contributed by atoms with Crippen LogP contribution in [0.5, 0.6) is 0 Å². The van der Waals surface area contributed by atoms with Gasteiger partial charge in [0.05, 0.1) is 30.4 Å². The third kappa shape index (κ3) is 15.0. The number of aliphatic hydroxyl groups excluding tert-OH is 1. The van der Waals surface area contributed by atoms with Crippen LogP contribution in [0.4, 0.5) is 4.79 Å².